The summed E-state index contributed by atoms with van der Waals surface area (Å²) in [5.74, 6) is -1.50. The second-order valence-corrected chi connectivity index (χ2v) is 5.99. The van der Waals surface area contributed by atoms with Crippen molar-refractivity contribution in [1.82, 2.24) is 4.98 Å². The summed E-state index contributed by atoms with van der Waals surface area (Å²) >= 11 is 12.4. The second-order valence-electron chi connectivity index (χ2n) is 4.40. The summed E-state index contributed by atoms with van der Waals surface area (Å²) in [6.45, 7) is 0. The molecule has 0 radical (unpaired) electrons. The number of carbonyl (C=O) groups is 2. The third-order valence-corrected chi connectivity index (χ3v) is 4.63. The SMILES string of the molecule is O=C1C(Cl)=C(Cl)C(=O)N1c1nc(-c2cccc([N+](=O)[O-])c2)cs1. The van der Waals surface area contributed by atoms with Gasteiger partial charge < -0.3 is 0 Å². The number of nitrogens with zero attached hydrogens (tertiary/aromatic N) is 3. The molecule has 2 aromatic rings. The zero-order valence-corrected chi connectivity index (χ0v) is 13.4. The molecule has 3 rings (SSSR count). The topological polar surface area (TPSA) is 93.4 Å². The molecule has 1 aromatic carbocycles. The first-order chi connectivity index (χ1) is 10.9. The highest BCUT2D eigenvalue weighted by molar-refractivity contribution is 7.14. The molecule has 0 unspecified atom stereocenters. The van der Waals surface area contributed by atoms with Gasteiger partial charge in [0.25, 0.3) is 17.5 Å². The number of amides is 2. The molecule has 0 N–H and O–H groups in total. The lowest BCUT2D eigenvalue weighted by Crippen LogP contribution is -2.30. The van der Waals surface area contributed by atoms with Crippen molar-refractivity contribution in [2.45, 2.75) is 0 Å². The lowest BCUT2D eigenvalue weighted by molar-refractivity contribution is -0.384. The zero-order chi connectivity index (χ0) is 16.7. The van der Waals surface area contributed by atoms with Crippen molar-refractivity contribution in [3.8, 4) is 11.3 Å². The standard InChI is InChI=1S/C13H5Cl2N3O4S/c14-9-10(15)12(20)17(11(9)19)13-16-8(5-23-13)6-2-1-3-7(4-6)18(21)22/h1-5H. The van der Waals surface area contributed by atoms with Crippen LogP contribution in [0.1, 0.15) is 0 Å². The third-order valence-electron chi connectivity index (χ3n) is 3.01. The summed E-state index contributed by atoms with van der Waals surface area (Å²) < 4.78 is 0. The molecule has 0 aliphatic carbocycles. The van der Waals surface area contributed by atoms with Gasteiger partial charge in [-0.25, -0.2) is 9.88 Å². The van der Waals surface area contributed by atoms with Crippen LogP contribution in [0.4, 0.5) is 10.8 Å². The van der Waals surface area contributed by atoms with Gasteiger partial charge in [-0.05, 0) is 0 Å². The Morgan fingerprint density at radius 3 is 2.43 bits per heavy atom. The monoisotopic (exact) mass is 369 g/mol. The van der Waals surface area contributed by atoms with Gasteiger partial charge >= 0.3 is 0 Å². The number of halogens is 2. The van der Waals surface area contributed by atoms with E-state index >= 15 is 0 Å². The van der Waals surface area contributed by atoms with E-state index in [1.54, 1.807) is 11.4 Å². The lowest BCUT2D eigenvalue weighted by Gasteiger charge is -2.09. The van der Waals surface area contributed by atoms with Crippen molar-refractivity contribution >= 4 is 57.2 Å². The minimum Gasteiger partial charge on any atom is -0.267 e. The number of aromatic nitrogens is 1. The van der Waals surface area contributed by atoms with Crippen molar-refractivity contribution in [3.05, 3.63) is 49.8 Å². The van der Waals surface area contributed by atoms with Crippen LogP contribution >= 0.6 is 34.5 Å². The largest absolute Gasteiger partial charge is 0.280 e. The predicted molar refractivity (Wildman–Crippen MR) is 85.4 cm³/mol. The number of thiazole rings is 1. The van der Waals surface area contributed by atoms with E-state index in [2.05, 4.69) is 4.98 Å². The molecule has 1 aliphatic heterocycles. The van der Waals surface area contributed by atoms with Gasteiger partial charge in [-0.15, -0.1) is 11.3 Å². The van der Waals surface area contributed by atoms with Crippen LogP contribution in [0.3, 0.4) is 0 Å². The Morgan fingerprint density at radius 2 is 1.83 bits per heavy atom. The summed E-state index contributed by atoms with van der Waals surface area (Å²) in [5, 5.41) is 11.8. The molecule has 7 nitrogen and oxygen atoms in total. The van der Waals surface area contributed by atoms with E-state index in [9.17, 15) is 19.7 Å². The Balaban J connectivity index is 1.96. The fourth-order valence-corrected chi connectivity index (χ4v) is 3.09. The highest BCUT2D eigenvalue weighted by Gasteiger charge is 2.39. The smallest absolute Gasteiger partial charge is 0.267 e. The van der Waals surface area contributed by atoms with Crippen LogP contribution in [0.25, 0.3) is 11.3 Å². The molecule has 116 valence electrons. The molecule has 0 atom stereocenters. The molecule has 1 aliphatic rings. The van der Waals surface area contributed by atoms with Gasteiger partial charge in [-0.3, -0.25) is 19.7 Å². The van der Waals surface area contributed by atoms with Crippen LogP contribution in [0, 0.1) is 10.1 Å². The first-order valence-corrected chi connectivity index (χ1v) is 7.68. The van der Waals surface area contributed by atoms with Gasteiger partial charge in [-0.1, -0.05) is 35.3 Å². The normalized spacial score (nSPS) is 14.8. The number of imide groups is 1. The van der Waals surface area contributed by atoms with Crippen molar-refractivity contribution in [2.24, 2.45) is 0 Å². The number of hydrogen-bond acceptors (Lipinski definition) is 6. The molecule has 0 fully saturated rings. The van der Waals surface area contributed by atoms with Crippen LogP contribution in [0.15, 0.2) is 39.7 Å². The van der Waals surface area contributed by atoms with E-state index in [1.165, 1.54) is 18.2 Å². The quantitative estimate of drug-likeness (QED) is 0.470. The molecule has 10 heteroatoms. The second kappa shape index (κ2) is 5.73. The van der Waals surface area contributed by atoms with E-state index in [4.69, 9.17) is 23.2 Å². The molecular weight excluding hydrogens is 365 g/mol. The van der Waals surface area contributed by atoms with E-state index in [0.717, 1.165) is 16.2 Å². The highest BCUT2D eigenvalue weighted by Crippen LogP contribution is 2.35. The third kappa shape index (κ3) is 2.61. The number of anilines is 1. The van der Waals surface area contributed by atoms with Gasteiger partial charge in [0.2, 0.25) is 0 Å². The van der Waals surface area contributed by atoms with Crippen LogP contribution in [-0.2, 0) is 9.59 Å². The first kappa shape index (κ1) is 15.6. The van der Waals surface area contributed by atoms with E-state index < -0.39 is 16.7 Å². The number of hydrogen-bond donors (Lipinski definition) is 0. The average molecular weight is 370 g/mol. The fraction of sp³-hybridized carbons (Fsp3) is 0. The number of benzene rings is 1. The van der Waals surface area contributed by atoms with Crippen molar-refractivity contribution in [2.75, 3.05) is 4.90 Å². The maximum Gasteiger partial charge on any atom is 0.280 e. The summed E-state index contributed by atoms with van der Waals surface area (Å²) in [4.78, 5) is 39.1. The molecule has 0 bridgehead atoms. The van der Waals surface area contributed by atoms with E-state index in [1.807, 2.05) is 0 Å². The van der Waals surface area contributed by atoms with Crippen molar-refractivity contribution in [1.29, 1.82) is 0 Å². The molecule has 1 aromatic heterocycles. The maximum absolute atomic E-state index is 11.9. The molecular formula is C13H5Cl2N3O4S. The van der Waals surface area contributed by atoms with E-state index in [0.29, 0.717) is 11.3 Å². The molecule has 2 amide bonds. The van der Waals surface area contributed by atoms with Gasteiger partial charge in [0.15, 0.2) is 5.13 Å². The summed E-state index contributed by atoms with van der Waals surface area (Å²) in [6.07, 6.45) is 0. The minimum absolute atomic E-state index is 0.0851. The van der Waals surface area contributed by atoms with Crippen molar-refractivity contribution in [3.63, 3.8) is 0 Å². The summed E-state index contributed by atoms with van der Waals surface area (Å²) in [5.41, 5.74) is 0.803. The number of non-ortho nitro benzene ring substituents is 1. The molecule has 0 spiro atoms. The number of rotatable bonds is 3. The minimum atomic E-state index is -0.749. The molecule has 23 heavy (non-hydrogen) atoms. The number of nitro benzene ring substituents is 1. The van der Waals surface area contributed by atoms with Gasteiger partial charge in [0.1, 0.15) is 10.1 Å². The summed E-state index contributed by atoms with van der Waals surface area (Å²) in [7, 11) is 0. The lowest BCUT2D eigenvalue weighted by atomic mass is 10.1. The Morgan fingerprint density at radius 1 is 1.17 bits per heavy atom. The van der Waals surface area contributed by atoms with Gasteiger partial charge in [0.05, 0.1) is 10.6 Å². The Kier molecular flexibility index (Phi) is 3.88. The fourth-order valence-electron chi connectivity index (χ4n) is 1.93. The van der Waals surface area contributed by atoms with Crippen LogP contribution in [0.5, 0.6) is 0 Å². The van der Waals surface area contributed by atoms with Crippen molar-refractivity contribution < 1.29 is 14.5 Å². The Labute approximate surface area is 142 Å². The first-order valence-electron chi connectivity index (χ1n) is 6.04. The molecule has 0 saturated heterocycles. The van der Waals surface area contributed by atoms with E-state index in [-0.39, 0.29) is 20.9 Å². The van der Waals surface area contributed by atoms with Gasteiger partial charge in [-0.2, -0.15) is 0 Å². The molecule has 2 heterocycles. The van der Waals surface area contributed by atoms with Crippen LogP contribution < -0.4 is 4.90 Å². The highest BCUT2D eigenvalue weighted by atomic mass is 35.5. The maximum atomic E-state index is 11.9. The predicted octanol–water partition coefficient (Wildman–Crippen LogP) is 3.28. The molecule has 0 saturated carbocycles. The number of carbonyl (C=O) groups excluding carboxylic acids is 2. The Hall–Kier alpha value is -2.29. The van der Waals surface area contributed by atoms with Crippen LogP contribution in [0.2, 0.25) is 0 Å². The Bertz CT molecular complexity index is 869. The van der Waals surface area contributed by atoms with Gasteiger partial charge in [0, 0.05) is 23.1 Å². The van der Waals surface area contributed by atoms with Crippen LogP contribution in [-0.4, -0.2) is 21.7 Å². The zero-order valence-electron chi connectivity index (χ0n) is 11.0. The number of nitro groups is 1. The average Bonchev–Trinajstić information content (AvgIpc) is 3.09. The summed E-state index contributed by atoms with van der Waals surface area (Å²) in [6, 6.07) is 5.87.